The fourth-order valence-corrected chi connectivity index (χ4v) is 3.73. The van der Waals surface area contributed by atoms with E-state index in [4.69, 9.17) is 4.74 Å². The standard InChI is InChI=1S/C17H16BrNO6S/c1-3-25-16(20)11-5-4-6-13(9-11)19-26(22,23)15-8-7-12(18)10-14(15)17(21)24-2/h4-10,19H,3H2,1-2H3. The average molecular weight is 442 g/mol. The number of anilines is 1. The van der Waals surface area contributed by atoms with E-state index < -0.39 is 22.0 Å². The van der Waals surface area contributed by atoms with Gasteiger partial charge in [-0.05, 0) is 43.3 Å². The molecule has 0 aliphatic carbocycles. The Bertz CT molecular complexity index is 942. The third kappa shape index (κ3) is 4.61. The summed E-state index contributed by atoms with van der Waals surface area (Å²) in [6.45, 7) is 1.88. The van der Waals surface area contributed by atoms with Crippen LogP contribution in [0.25, 0.3) is 0 Å². The SMILES string of the molecule is CCOC(=O)c1cccc(NS(=O)(=O)c2ccc(Br)cc2C(=O)OC)c1. The van der Waals surface area contributed by atoms with Crippen LogP contribution >= 0.6 is 15.9 Å². The molecule has 0 amide bonds. The molecule has 0 saturated heterocycles. The lowest BCUT2D eigenvalue weighted by molar-refractivity contribution is 0.0525. The summed E-state index contributed by atoms with van der Waals surface area (Å²) in [4.78, 5) is 23.4. The number of hydrogen-bond donors (Lipinski definition) is 1. The number of carbonyl (C=O) groups is 2. The van der Waals surface area contributed by atoms with E-state index in [1.807, 2.05) is 0 Å². The number of esters is 2. The van der Waals surface area contributed by atoms with Gasteiger partial charge in [-0.25, -0.2) is 18.0 Å². The van der Waals surface area contributed by atoms with Gasteiger partial charge in [0.15, 0.2) is 0 Å². The summed E-state index contributed by atoms with van der Waals surface area (Å²) in [6, 6.07) is 10.0. The zero-order valence-corrected chi connectivity index (χ0v) is 16.4. The van der Waals surface area contributed by atoms with Gasteiger partial charge in [-0.3, -0.25) is 4.72 Å². The van der Waals surface area contributed by atoms with Gasteiger partial charge in [0.25, 0.3) is 10.0 Å². The molecular formula is C17H16BrNO6S. The van der Waals surface area contributed by atoms with Crippen molar-refractivity contribution in [2.24, 2.45) is 0 Å². The van der Waals surface area contributed by atoms with Crippen molar-refractivity contribution in [2.75, 3.05) is 18.4 Å². The highest BCUT2D eigenvalue weighted by Crippen LogP contribution is 2.24. The van der Waals surface area contributed by atoms with Crippen LogP contribution in [0.15, 0.2) is 51.8 Å². The van der Waals surface area contributed by atoms with E-state index in [9.17, 15) is 18.0 Å². The maximum absolute atomic E-state index is 12.7. The van der Waals surface area contributed by atoms with E-state index in [1.165, 1.54) is 42.5 Å². The van der Waals surface area contributed by atoms with E-state index in [2.05, 4.69) is 25.4 Å². The first-order valence-electron chi connectivity index (χ1n) is 7.46. The number of carbonyl (C=O) groups excluding carboxylic acids is 2. The predicted octanol–water partition coefficient (Wildman–Crippen LogP) is 3.21. The smallest absolute Gasteiger partial charge is 0.339 e. The summed E-state index contributed by atoms with van der Waals surface area (Å²) in [5.74, 6) is -1.35. The maximum Gasteiger partial charge on any atom is 0.339 e. The summed E-state index contributed by atoms with van der Waals surface area (Å²) in [6.07, 6.45) is 0. The first-order chi connectivity index (χ1) is 12.3. The van der Waals surface area contributed by atoms with E-state index in [0.717, 1.165) is 7.11 Å². The molecule has 2 rings (SSSR count). The molecule has 0 unspecified atom stereocenters. The molecule has 0 spiro atoms. The monoisotopic (exact) mass is 441 g/mol. The molecule has 2 aromatic carbocycles. The second-order valence-corrected chi connectivity index (χ2v) is 7.61. The van der Waals surface area contributed by atoms with Crippen molar-refractivity contribution in [3.8, 4) is 0 Å². The normalized spacial score (nSPS) is 10.9. The largest absolute Gasteiger partial charge is 0.465 e. The molecule has 0 radical (unpaired) electrons. The first-order valence-corrected chi connectivity index (χ1v) is 9.74. The maximum atomic E-state index is 12.7. The molecule has 0 heterocycles. The van der Waals surface area contributed by atoms with Gasteiger partial charge in [0, 0.05) is 10.2 Å². The van der Waals surface area contributed by atoms with Crippen molar-refractivity contribution in [3.05, 3.63) is 58.1 Å². The number of methoxy groups -OCH3 is 1. The lowest BCUT2D eigenvalue weighted by atomic mass is 10.2. The molecule has 0 fully saturated rings. The Morgan fingerprint density at radius 1 is 1.12 bits per heavy atom. The van der Waals surface area contributed by atoms with Crippen LogP contribution in [0.3, 0.4) is 0 Å². The molecule has 9 heteroatoms. The van der Waals surface area contributed by atoms with E-state index in [1.54, 1.807) is 6.92 Å². The number of rotatable bonds is 6. The Morgan fingerprint density at radius 3 is 2.50 bits per heavy atom. The molecule has 0 saturated carbocycles. The molecule has 0 aliphatic rings. The van der Waals surface area contributed by atoms with Gasteiger partial charge in [0.1, 0.15) is 4.90 Å². The Morgan fingerprint density at radius 2 is 1.85 bits per heavy atom. The van der Waals surface area contributed by atoms with Gasteiger partial charge >= 0.3 is 11.9 Å². The predicted molar refractivity (Wildman–Crippen MR) is 98.7 cm³/mol. The van der Waals surface area contributed by atoms with Crippen LogP contribution in [0.1, 0.15) is 27.6 Å². The highest BCUT2D eigenvalue weighted by molar-refractivity contribution is 9.10. The van der Waals surface area contributed by atoms with Crippen LogP contribution in [0, 0.1) is 0 Å². The minimum atomic E-state index is -4.09. The molecule has 0 bridgehead atoms. The van der Waals surface area contributed by atoms with Crippen molar-refractivity contribution >= 4 is 43.6 Å². The van der Waals surface area contributed by atoms with E-state index in [0.29, 0.717) is 4.47 Å². The Balaban J connectivity index is 2.40. The molecule has 0 atom stereocenters. The van der Waals surface area contributed by atoms with Crippen LogP contribution in [0.2, 0.25) is 0 Å². The highest BCUT2D eigenvalue weighted by atomic mass is 79.9. The molecule has 26 heavy (non-hydrogen) atoms. The zero-order valence-electron chi connectivity index (χ0n) is 14.0. The minimum absolute atomic E-state index is 0.115. The number of ether oxygens (including phenoxy) is 2. The quantitative estimate of drug-likeness (QED) is 0.690. The van der Waals surface area contributed by atoms with Gasteiger partial charge in [-0.15, -0.1) is 0 Å². The summed E-state index contributed by atoms with van der Waals surface area (Å²) in [5.41, 5.74) is 0.251. The summed E-state index contributed by atoms with van der Waals surface area (Å²) >= 11 is 3.19. The van der Waals surface area contributed by atoms with E-state index >= 15 is 0 Å². The average Bonchev–Trinajstić information content (AvgIpc) is 2.60. The Kier molecular flexibility index (Phi) is 6.38. The third-order valence-electron chi connectivity index (χ3n) is 3.26. The van der Waals surface area contributed by atoms with Crippen molar-refractivity contribution in [1.29, 1.82) is 0 Å². The summed E-state index contributed by atoms with van der Waals surface area (Å²) < 4.78 is 37.8. The summed E-state index contributed by atoms with van der Waals surface area (Å²) in [7, 11) is -2.93. The van der Waals surface area contributed by atoms with Gasteiger partial charge in [-0.2, -0.15) is 0 Å². The topological polar surface area (TPSA) is 98.8 Å². The zero-order chi connectivity index (χ0) is 19.3. The third-order valence-corrected chi connectivity index (χ3v) is 5.20. The van der Waals surface area contributed by atoms with Crippen molar-refractivity contribution < 1.29 is 27.5 Å². The molecule has 0 aliphatic heterocycles. The van der Waals surface area contributed by atoms with Crippen molar-refractivity contribution in [1.82, 2.24) is 0 Å². The summed E-state index contributed by atoms with van der Waals surface area (Å²) in [5, 5.41) is 0. The van der Waals surface area contributed by atoms with Crippen LogP contribution in [0.4, 0.5) is 5.69 Å². The van der Waals surface area contributed by atoms with Gasteiger partial charge in [0.05, 0.1) is 24.8 Å². The lowest BCUT2D eigenvalue weighted by Gasteiger charge is -2.12. The Labute approximate surface area is 159 Å². The van der Waals surface area contributed by atoms with Gasteiger partial charge in [-0.1, -0.05) is 22.0 Å². The molecular weight excluding hydrogens is 426 g/mol. The number of hydrogen-bond acceptors (Lipinski definition) is 6. The van der Waals surface area contributed by atoms with Gasteiger partial charge in [0.2, 0.25) is 0 Å². The highest BCUT2D eigenvalue weighted by Gasteiger charge is 2.24. The molecule has 7 nitrogen and oxygen atoms in total. The molecule has 138 valence electrons. The van der Waals surface area contributed by atoms with Crippen LogP contribution in [0.5, 0.6) is 0 Å². The van der Waals surface area contributed by atoms with Crippen LogP contribution in [-0.2, 0) is 19.5 Å². The first kappa shape index (κ1) is 19.9. The minimum Gasteiger partial charge on any atom is -0.465 e. The van der Waals surface area contributed by atoms with Crippen LogP contribution < -0.4 is 4.72 Å². The molecule has 0 aromatic heterocycles. The number of benzene rings is 2. The second-order valence-electron chi connectivity index (χ2n) is 5.04. The Hall–Kier alpha value is -2.39. The van der Waals surface area contributed by atoms with Crippen molar-refractivity contribution in [3.63, 3.8) is 0 Å². The fraction of sp³-hybridized carbons (Fsp3) is 0.176. The molecule has 1 N–H and O–H groups in total. The number of sulfonamides is 1. The molecule has 2 aromatic rings. The van der Waals surface area contributed by atoms with Crippen molar-refractivity contribution in [2.45, 2.75) is 11.8 Å². The second kappa shape index (κ2) is 8.33. The van der Waals surface area contributed by atoms with Crippen LogP contribution in [-0.4, -0.2) is 34.1 Å². The van der Waals surface area contributed by atoms with E-state index in [-0.39, 0.29) is 28.3 Å². The lowest BCUT2D eigenvalue weighted by Crippen LogP contribution is -2.18. The fourth-order valence-electron chi connectivity index (χ4n) is 2.14. The number of halogens is 1. The number of nitrogens with one attached hydrogen (secondary N) is 1. The van der Waals surface area contributed by atoms with Gasteiger partial charge < -0.3 is 9.47 Å².